The molecule has 0 radical (unpaired) electrons. The van der Waals surface area contributed by atoms with Crippen molar-refractivity contribution in [2.45, 2.75) is 23.3 Å². The number of rotatable bonds is 2. The van der Waals surface area contributed by atoms with Gasteiger partial charge in [-0.25, -0.2) is 12.8 Å². The van der Waals surface area contributed by atoms with Crippen LogP contribution in [-0.4, -0.2) is 24.9 Å². The monoisotopic (exact) mass is 246 g/mol. The number of halogens is 1. The topological polar surface area (TPSA) is 74.6 Å². The van der Waals surface area contributed by atoms with Gasteiger partial charge < -0.3 is 10.2 Å². The Bertz CT molecular complexity index is 546. The molecular weight excluding hydrogens is 235 g/mol. The van der Waals surface area contributed by atoms with Gasteiger partial charge in [0.2, 0.25) is 0 Å². The molecule has 1 saturated carbocycles. The fourth-order valence-electron chi connectivity index (χ4n) is 1.65. The van der Waals surface area contributed by atoms with Gasteiger partial charge in [-0.2, -0.15) is 0 Å². The summed E-state index contributed by atoms with van der Waals surface area (Å²) in [5.41, 5.74) is -1.33. The smallest absolute Gasteiger partial charge is 0.182 e. The van der Waals surface area contributed by atoms with E-state index in [0.29, 0.717) is 12.8 Å². The molecule has 6 heteroatoms. The maximum Gasteiger partial charge on any atom is 0.182 e. The molecule has 0 unspecified atom stereocenters. The molecule has 1 aliphatic carbocycles. The fourth-order valence-corrected chi connectivity index (χ4v) is 2.53. The van der Waals surface area contributed by atoms with Crippen LogP contribution in [0.25, 0.3) is 0 Å². The summed E-state index contributed by atoms with van der Waals surface area (Å²) in [4.78, 5) is -0.745. The van der Waals surface area contributed by atoms with Crippen LogP contribution in [0.15, 0.2) is 17.0 Å². The zero-order valence-corrected chi connectivity index (χ0v) is 9.38. The lowest BCUT2D eigenvalue weighted by atomic mass is 10.1. The Balaban J connectivity index is 2.70. The molecule has 1 aliphatic rings. The van der Waals surface area contributed by atoms with Gasteiger partial charge in [-0.3, -0.25) is 0 Å². The summed E-state index contributed by atoms with van der Waals surface area (Å²) >= 11 is 0. The number of hydrogen-bond acceptors (Lipinski definition) is 4. The molecule has 2 rings (SSSR count). The SMILES string of the molecule is CS(=O)(=O)c1c(O)ccc(C2(O)CC2)c1F. The first kappa shape index (κ1) is 11.3. The second kappa shape index (κ2) is 3.18. The van der Waals surface area contributed by atoms with Crippen LogP contribution in [0.1, 0.15) is 18.4 Å². The number of benzene rings is 1. The molecule has 16 heavy (non-hydrogen) atoms. The van der Waals surface area contributed by atoms with Gasteiger partial charge in [0.05, 0.1) is 5.60 Å². The Labute approximate surface area is 92.3 Å². The highest BCUT2D eigenvalue weighted by Gasteiger charge is 2.45. The molecule has 0 saturated heterocycles. The summed E-state index contributed by atoms with van der Waals surface area (Å²) in [5.74, 6) is -1.68. The maximum atomic E-state index is 13.9. The Kier molecular flexibility index (Phi) is 2.25. The van der Waals surface area contributed by atoms with E-state index in [2.05, 4.69) is 0 Å². The van der Waals surface area contributed by atoms with Crippen molar-refractivity contribution in [3.05, 3.63) is 23.5 Å². The van der Waals surface area contributed by atoms with Crippen LogP contribution in [-0.2, 0) is 15.4 Å². The summed E-state index contributed by atoms with van der Waals surface area (Å²) in [6, 6.07) is 2.30. The first-order valence-corrected chi connectivity index (χ1v) is 6.59. The van der Waals surface area contributed by atoms with Crippen molar-refractivity contribution in [1.82, 2.24) is 0 Å². The molecule has 0 amide bonds. The second-order valence-electron chi connectivity index (χ2n) is 4.08. The molecule has 0 atom stereocenters. The van der Waals surface area contributed by atoms with Crippen molar-refractivity contribution in [1.29, 1.82) is 0 Å². The number of phenols is 1. The van der Waals surface area contributed by atoms with Gasteiger partial charge in [-0.05, 0) is 25.0 Å². The van der Waals surface area contributed by atoms with Gasteiger partial charge in [0, 0.05) is 11.8 Å². The standard InChI is InChI=1S/C10H11FO4S/c1-16(14,15)9-7(12)3-2-6(8(9)11)10(13)4-5-10/h2-3,12-13H,4-5H2,1H3. The van der Waals surface area contributed by atoms with Gasteiger partial charge in [0.15, 0.2) is 15.7 Å². The van der Waals surface area contributed by atoms with E-state index in [1.165, 1.54) is 6.07 Å². The third-order valence-corrected chi connectivity index (χ3v) is 3.80. The highest BCUT2D eigenvalue weighted by Crippen LogP contribution is 2.47. The van der Waals surface area contributed by atoms with Gasteiger partial charge in [-0.1, -0.05) is 0 Å². The maximum absolute atomic E-state index is 13.9. The molecule has 0 spiro atoms. The quantitative estimate of drug-likeness (QED) is 0.813. The van der Waals surface area contributed by atoms with Crippen LogP contribution >= 0.6 is 0 Å². The van der Waals surface area contributed by atoms with E-state index in [4.69, 9.17) is 0 Å². The lowest BCUT2D eigenvalue weighted by molar-refractivity contribution is 0.146. The van der Waals surface area contributed by atoms with Crippen LogP contribution < -0.4 is 0 Å². The van der Waals surface area contributed by atoms with E-state index in [1.807, 2.05) is 0 Å². The minimum Gasteiger partial charge on any atom is -0.506 e. The summed E-state index contributed by atoms with van der Waals surface area (Å²) in [5, 5.41) is 19.1. The van der Waals surface area contributed by atoms with E-state index in [9.17, 15) is 23.0 Å². The number of sulfone groups is 1. The molecule has 0 aromatic heterocycles. The molecule has 0 heterocycles. The van der Waals surface area contributed by atoms with E-state index in [-0.39, 0.29) is 5.56 Å². The van der Waals surface area contributed by atoms with Gasteiger partial charge in [0.1, 0.15) is 10.6 Å². The average Bonchev–Trinajstić information content (AvgIpc) is 2.81. The lowest BCUT2D eigenvalue weighted by Gasteiger charge is -2.12. The number of aliphatic hydroxyl groups is 1. The molecule has 1 fully saturated rings. The van der Waals surface area contributed by atoms with E-state index in [1.54, 1.807) is 0 Å². The van der Waals surface area contributed by atoms with Crippen molar-refractivity contribution in [2.75, 3.05) is 6.26 Å². The zero-order chi connectivity index (χ0) is 12.1. The first-order valence-electron chi connectivity index (χ1n) is 4.70. The van der Waals surface area contributed by atoms with Gasteiger partial charge >= 0.3 is 0 Å². The molecule has 4 nitrogen and oxygen atoms in total. The minimum absolute atomic E-state index is 0.0641. The molecular formula is C10H11FO4S. The first-order chi connectivity index (χ1) is 7.26. The Morgan fingerprint density at radius 3 is 2.38 bits per heavy atom. The number of hydrogen-bond donors (Lipinski definition) is 2. The Morgan fingerprint density at radius 1 is 1.38 bits per heavy atom. The van der Waals surface area contributed by atoms with Crippen LogP contribution in [0.3, 0.4) is 0 Å². The summed E-state index contributed by atoms with van der Waals surface area (Å²) in [7, 11) is -3.86. The van der Waals surface area contributed by atoms with Gasteiger partial charge in [-0.15, -0.1) is 0 Å². The largest absolute Gasteiger partial charge is 0.506 e. The Morgan fingerprint density at radius 2 is 1.94 bits per heavy atom. The lowest BCUT2D eigenvalue weighted by Crippen LogP contribution is -2.11. The average molecular weight is 246 g/mol. The summed E-state index contributed by atoms with van der Waals surface area (Å²) in [6.45, 7) is 0. The summed E-state index contributed by atoms with van der Waals surface area (Å²) in [6.07, 6.45) is 1.61. The molecule has 1 aromatic carbocycles. The van der Waals surface area contributed by atoms with Crippen molar-refractivity contribution >= 4 is 9.84 Å². The molecule has 2 N–H and O–H groups in total. The predicted molar refractivity (Wildman–Crippen MR) is 54.3 cm³/mol. The van der Waals surface area contributed by atoms with Crippen molar-refractivity contribution in [3.8, 4) is 5.75 Å². The van der Waals surface area contributed by atoms with Crippen molar-refractivity contribution in [2.24, 2.45) is 0 Å². The van der Waals surface area contributed by atoms with Crippen LogP contribution in [0.5, 0.6) is 5.75 Å². The fraction of sp³-hybridized carbons (Fsp3) is 0.400. The molecule has 0 aliphatic heterocycles. The van der Waals surface area contributed by atoms with Crippen molar-refractivity contribution in [3.63, 3.8) is 0 Å². The number of aromatic hydroxyl groups is 1. The normalized spacial score (nSPS) is 18.4. The predicted octanol–water partition coefficient (Wildman–Crippen LogP) is 0.916. The van der Waals surface area contributed by atoms with Crippen LogP contribution in [0.4, 0.5) is 4.39 Å². The van der Waals surface area contributed by atoms with E-state index < -0.39 is 31.9 Å². The minimum atomic E-state index is -3.86. The summed E-state index contributed by atoms with van der Waals surface area (Å²) < 4.78 is 36.5. The highest BCUT2D eigenvalue weighted by atomic mass is 32.2. The number of phenolic OH excluding ortho intramolecular Hbond substituents is 1. The second-order valence-corrected chi connectivity index (χ2v) is 6.03. The van der Waals surface area contributed by atoms with E-state index in [0.717, 1.165) is 12.3 Å². The Hall–Kier alpha value is -1.14. The molecule has 0 bridgehead atoms. The highest BCUT2D eigenvalue weighted by molar-refractivity contribution is 7.90. The van der Waals surface area contributed by atoms with Gasteiger partial charge in [0.25, 0.3) is 0 Å². The van der Waals surface area contributed by atoms with Crippen LogP contribution in [0.2, 0.25) is 0 Å². The van der Waals surface area contributed by atoms with E-state index >= 15 is 0 Å². The molecule has 88 valence electrons. The zero-order valence-electron chi connectivity index (χ0n) is 8.57. The van der Waals surface area contributed by atoms with Crippen LogP contribution in [0, 0.1) is 5.82 Å². The third kappa shape index (κ3) is 1.68. The third-order valence-electron chi connectivity index (χ3n) is 2.67. The van der Waals surface area contributed by atoms with Crippen molar-refractivity contribution < 1.29 is 23.0 Å². The molecule has 1 aromatic rings.